The van der Waals surface area contributed by atoms with Gasteiger partial charge in [0, 0.05) is 9.89 Å². The largest absolute Gasteiger partial charge is 0.481 e. The summed E-state index contributed by atoms with van der Waals surface area (Å²) in [4.78, 5) is 11.0. The molecule has 2 rings (SSSR count). The maximum Gasteiger partial charge on any atom is 0.307 e. The van der Waals surface area contributed by atoms with Gasteiger partial charge in [-0.15, -0.1) is 0 Å². The molecule has 0 aromatic heterocycles. The van der Waals surface area contributed by atoms with Crippen molar-refractivity contribution in [2.45, 2.75) is 25.2 Å². The highest BCUT2D eigenvalue weighted by Crippen LogP contribution is 2.54. The maximum atomic E-state index is 11.0. The van der Waals surface area contributed by atoms with Gasteiger partial charge in [-0.2, -0.15) is 0 Å². The van der Waals surface area contributed by atoms with Crippen LogP contribution >= 0.6 is 15.9 Å². The molecule has 1 fully saturated rings. The minimum Gasteiger partial charge on any atom is -0.481 e. The average Bonchev–Trinajstić information content (AvgIpc) is 2.97. The zero-order chi connectivity index (χ0) is 11.1. The third-order valence-corrected chi connectivity index (χ3v) is 3.88. The lowest BCUT2D eigenvalue weighted by molar-refractivity contribution is -0.142. The molecule has 1 N–H and O–H groups in total. The Labute approximate surface area is 97.4 Å². The molecule has 0 radical (unpaired) electrons. The van der Waals surface area contributed by atoms with E-state index in [2.05, 4.69) is 15.9 Å². The number of aliphatic carboxylic acids is 1. The standard InChI is InChI=1S/C12H13BrO2/c1-8(11(14)15)12(5-6-12)9-3-2-4-10(13)7-9/h2-4,7-8H,5-6H2,1H3,(H,14,15). The Morgan fingerprint density at radius 3 is 2.67 bits per heavy atom. The van der Waals surface area contributed by atoms with Crippen molar-refractivity contribution in [1.29, 1.82) is 0 Å². The number of carboxylic acids is 1. The smallest absolute Gasteiger partial charge is 0.307 e. The van der Waals surface area contributed by atoms with Crippen LogP contribution in [0.3, 0.4) is 0 Å². The van der Waals surface area contributed by atoms with Crippen molar-refractivity contribution in [2.75, 3.05) is 0 Å². The molecule has 3 heteroatoms. The Morgan fingerprint density at radius 2 is 2.20 bits per heavy atom. The average molecular weight is 269 g/mol. The number of halogens is 1. The van der Waals surface area contributed by atoms with Crippen LogP contribution in [0.2, 0.25) is 0 Å². The number of rotatable bonds is 3. The first-order valence-electron chi connectivity index (χ1n) is 5.05. The van der Waals surface area contributed by atoms with Crippen LogP contribution < -0.4 is 0 Å². The van der Waals surface area contributed by atoms with E-state index in [0.717, 1.165) is 22.9 Å². The first-order chi connectivity index (χ1) is 7.06. The fourth-order valence-electron chi connectivity index (χ4n) is 2.14. The zero-order valence-electron chi connectivity index (χ0n) is 8.53. The lowest BCUT2D eigenvalue weighted by Crippen LogP contribution is -2.25. The molecule has 1 aliphatic rings. The predicted molar refractivity (Wildman–Crippen MR) is 61.9 cm³/mol. The van der Waals surface area contributed by atoms with Crippen molar-refractivity contribution in [1.82, 2.24) is 0 Å². The molecule has 2 nitrogen and oxygen atoms in total. The van der Waals surface area contributed by atoms with Crippen molar-refractivity contribution in [3.05, 3.63) is 34.3 Å². The summed E-state index contributed by atoms with van der Waals surface area (Å²) in [6.07, 6.45) is 1.97. The summed E-state index contributed by atoms with van der Waals surface area (Å²) in [6, 6.07) is 7.99. The van der Waals surface area contributed by atoms with E-state index in [4.69, 9.17) is 5.11 Å². The molecule has 1 aliphatic carbocycles. The molecule has 1 atom stereocenters. The lowest BCUT2D eigenvalue weighted by Gasteiger charge is -2.20. The van der Waals surface area contributed by atoms with Crippen LogP contribution in [0.1, 0.15) is 25.3 Å². The lowest BCUT2D eigenvalue weighted by atomic mass is 9.84. The van der Waals surface area contributed by atoms with Crippen molar-refractivity contribution in [3.63, 3.8) is 0 Å². The SMILES string of the molecule is CC(C(=O)O)C1(c2cccc(Br)c2)CC1. The quantitative estimate of drug-likeness (QED) is 0.914. The van der Waals surface area contributed by atoms with Crippen molar-refractivity contribution >= 4 is 21.9 Å². The summed E-state index contributed by atoms with van der Waals surface area (Å²) in [7, 11) is 0. The third-order valence-electron chi connectivity index (χ3n) is 3.39. The molecule has 1 unspecified atom stereocenters. The second kappa shape index (κ2) is 3.63. The Morgan fingerprint density at radius 1 is 1.53 bits per heavy atom. The van der Waals surface area contributed by atoms with Gasteiger partial charge in [0.2, 0.25) is 0 Å². The van der Waals surface area contributed by atoms with Gasteiger partial charge in [0.1, 0.15) is 0 Å². The van der Waals surface area contributed by atoms with E-state index in [1.54, 1.807) is 6.92 Å². The Hall–Kier alpha value is -0.830. The Kier molecular flexibility index (Phi) is 2.59. The molecule has 1 saturated carbocycles. The fourth-order valence-corrected chi connectivity index (χ4v) is 2.54. The van der Waals surface area contributed by atoms with E-state index in [-0.39, 0.29) is 11.3 Å². The molecule has 0 spiro atoms. The van der Waals surface area contributed by atoms with Gasteiger partial charge in [0.25, 0.3) is 0 Å². The van der Waals surface area contributed by atoms with E-state index < -0.39 is 5.97 Å². The zero-order valence-corrected chi connectivity index (χ0v) is 10.1. The fraction of sp³-hybridized carbons (Fsp3) is 0.417. The van der Waals surface area contributed by atoms with Gasteiger partial charge in [-0.1, -0.05) is 35.0 Å². The normalized spacial score (nSPS) is 19.6. The van der Waals surface area contributed by atoms with Crippen LogP contribution in [-0.4, -0.2) is 11.1 Å². The van der Waals surface area contributed by atoms with Gasteiger partial charge in [-0.05, 0) is 30.5 Å². The van der Waals surface area contributed by atoms with Gasteiger partial charge in [0.15, 0.2) is 0 Å². The van der Waals surface area contributed by atoms with E-state index in [1.165, 1.54) is 0 Å². The maximum absolute atomic E-state index is 11.0. The van der Waals surface area contributed by atoms with E-state index >= 15 is 0 Å². The number of hydrogen-bond donors (Lipinski definition) is 1. The monoisotopic (exact) mass is 268 g/mol. The molecule has 80 valence electrons. The highest BCUT2D eigenvalue weighted by Gasteiger charge is 2.51. The molecule has 0 amide bonds. The van der Waals surface area contributed by atoms with Crippen molar-refractivity contribution in [2.24, 2.45) is 5.92 Å². The number of carbonyl (C=O) groups is 1. The van der Waals surface area contributed by atoms with Crippen molar-refractivity contribution in [3.8, 4) is 0 Å². The van der Waals surface area contributed by atoms with Crippen LogP contribution in [0.5, 0.6) is 0 Å². The highest BCUT2D eigenvalue weighted by atomic mass is 79.9. The molecule has 15 heavy (non-hydrogen) atoms. The Bertz CT molecular complexity index is 396. The van der Waals surface area contributed by atoms with Crippen LogP contribution in [0.25, 0.3) is 0 Å². The summed E-state index contributed by atoms with van der Waals surface area (Å²) >= 11 is 3.42. The number of hydrogen-bond acceptors (Lipinski definition) is 1. The molecule has 0 saturated heterocycles. The molecule has 1 aromatic carbocycles. The summed E-state index contributed by atoms with van der Waals surface area (Å²) in [5.41, 5.74) is 1.03. The van der Waals surface area contributed by atoms with Gasteiger partial charge >= 0.3 is 5.97 Å². The topological polar surface area (TPSA) is 37.3 Å². The Balaban J connectivity index is 2.34. The van der Waals surface area contributed by atoms with Gasteiger partial charge in [0.05, 0.1) is 5.92 Å². The molecule has 0 aliphatic heterocycles. The number of benzene rings is 1. The second-order valence-electron chi connectivity index (χ2n) is 4.23. The summed E-state index contributed by atoms with van der Waals surface area (Å²) < 4.78 is 1.02. The van der Waals surface area contributed by atoms with Crippen LogP contribution in [0.4, 0.5) is 0 Å². The molecule has 0 heterocycles. The molecule has 1 aromatic rings. The van der Waals surface area contributed by atoms with Crippen LogP contribution in [0.15, 0.2) is 28.7 Å². The molecular weight excluding hydrogens is 256 g/mol. The minimum atomic E-state index is -0.701. The molecular formula is C12H13BrO2. The van der Waals surface area contributed by atoms with E-state index in [0.29, 0.717) is 0 Å². The first kappa shape index (κ1) is 10.7. The van der Waals surface area contributed by atoms with Gasteiger partial charge < -0.3 is 5.11 Å². The van der Waals surface area contributed by atoms with Crippen molar-refractivity contribution < 1.29 is 9.90 Å². The van der Waals surface area contributed by atoms with E-state index in [1.807, 2.05) is 24.3 Å². The van der Waals surface area contributed by atoms with Crippen LogP contribution in [0, 0.1) is 5.92 Å². The second-order valence-corrected chi connectivity index (χ2v) is 5.14. The summed E-state index contributed by atoms with van der Waals surface area (Å²) in [5, 5.41) is 9.08. The summed E-state index contributed by atoms with van der Waals surface area (Å²) in [5.74, 6) is -1.00. The highest BCUT2D eigenvalue weighted by molar-refractivity contribution is 9.10. The first-order valence-corrected chi connectivity index (χ1v) is 5.84. The minimum absolute atomic E-state index is 0.115. The van der Waals surface area contributed by atoms with Gasteiger partial charge in [-0.25, -0.2) is 0 Å². The van der Waals surface area contributed by atoms with Crippen LogP contribution in [-0.2, 0) is 10.2 Å². The summed E-state index contributed by atoms with van der Waals surface area (Å²) in [6.45, 7) is 1.80. The van der Waals surface area contributed by atoms with Gasteiger partial charge in [-0.3, -0.25) is 4.79 Å². The predicted octanol–water partition coefficient (Wildman–Crippen LogP) is 3.20. The number of carboxylic acid groups (broad SMARTS) is 1. The van der Waals surface area contributed by atoms with E-state index in [9.17, 15) is 4.79 Å². The molecule has 0 bridgehead atoms. The third kappa shape index (κ3) is 1.81.